The lowest BCUT2D eigenvalue weighted by Crippen LogP contribution is -2.27. The zero-order valence-electron chi connectivity index (χ0n) is 18.2. The number of halogens is 3. The smallest absolute Gasteiger partial charge is 0.370 e. The van der Waals surface area contributed by atoms with E-state index in [0.717, 1.165) is 25.0 Å². The molecule has 1 saturated heterocycles. The number of benzene rings is 1. The van der Waals surface area contributed by atoms with Crippen molar-refractivity contribution in [2.75, 3.05) is 36.4 Å². The maximum atomic E-state index is 13.3. The molecule has 176 valence electrons. The van der Waals surface area contributed by atoms with Gasteiger partial charge in [0.1, 0.15) is 10.6 Å². The highest BCUT2D eigenvalue weighted by molar-refractivity contribution is 7.89. The largest absolute Gasteiger partial charge is 0.416 e. The third kappa shape index (κ3) is 4.78. The van der Waals surface area contributed by atoms with E-state index in [-0.39, 0.29) is 16.3 Å². The minimum absolute atomic E-state index is 0.0127. The zero-order valence-corrected chi connectivity index (χ0v) is 19.1. The number of aromatic nitrogens is 1. The molecule has 1 aliphatic heterocycles. The van der Waals surface area contributed by atoms with Crippen molar-refractivity contribution < 1.29 is 26.4 Å². The van der Waals surface area contributed by atoms with Crippen molar-refractivity contribution in [1.29, 1.82) is 0 Å². The van der Waals surface area contributed by atoms with Crippen molar-refractivity contribution in [2.24, 2.45) is 7.05 Å². The third-order valence-electron chi connectivity index (χ3n) is 5.59. The molecule has 1 N–H and O–H groups in total. The highest BCUT2D eigenvalue weighted by Crippen LogP contribution is 2.36. The Morgan fingerprint density at radius 1 is 1.12 bits per heavy atom. The fourth-order valence-corrected chi connectivity index (χ4v) is 5.41. The Morgan fingerprint density at radius 2 is 1.75 bits per heavy atom. The summed E-state index contributed by atoms with van der Waals surface area (Å²) in [7, 11) is -2.20. The number of sulfonamides is 1. The first-order valence-corrected chi connectivity index (χ1v) is 11.9. The molecule has 1 aromatic heterocycles. The van der Waals surface area contributed by atoms with E-state index in [2.05, 4.69) is 5.32 Å². The van der Waals surface area contributed by atoms with E-state index in [0.29, 0.717) is 31.9 Å². The first-order chi connectivity index (χ1) is 15.0. The predicted octanol–water partition coefficient (Wildman–Crippen LogP) is 3.93. The highest BCUT2D eigenvalue weighted by atomic mass is 32.2. The van der Waals surface area contributed by atoms with Crippen molar-refractivity contribution in [3.05, 3.63) is 41.7 Å². The van der Waals surface area contributed by atoms with Crippen LogP contribution in [0.4, 0.5) is 24.5 Å². The van der Waals surface area contributed by atoms with Gasteiger partial charge >= 0.3 is 6.18 Å². The van der Waals surface area contributed by atoms with E-state index in [4.69, 9.17) is 0 Å². The monoisotopic (exact) mass is 472 g/mol. The van der Waals surface area contributed by atoms with Gasteiger partial charge in [-0.25, -0.2) is 8.42 Å². The van der Waals surface area contributed by atoms with Gasteiger partial charge in [0.2, 0.25) is 10.0 Å². The van der Waals surface area contributed by atoms with E-state index in [9.17, 15) is 26.4 Å². The molecule has 0 aliphatic carbocycles. The van der Waals surface area contributed by atoms with Crippen LogP contribution in [0.25, 0.3) is 0 Å². The van der Waals surface area contributed by atoms with Crippen molar-refractivity contribution in [3.8, 4) is 0 Å². The Labute approximate surface area is 185 Å². The highest BCUT2D eigenvalue weighted by Gasteiger charge is 2.32. The Bertz CT molecular complexity index is 1090. The molecule has 2 heterocycles. The van der Waals surface area contributed by atoms with Gasteiger partial charge in [-0.2, -0.15) is 17.5 Å². The number of rotatable bonds is 7. The standard InChI is InChI=1S/C21H27F3N4O3S/c1-4-27(5-2)18-9-8-15(21(22,23)24)12-17(18)25-20(29)19-13-16(14-26(19)3)32(30,31)28-10-6-7-11-28/h8-9,12-14H,4-7,10-11H2,1-3H3,(H,25,29). The number of aryl methyl sites for hydroxylation is 1. The number of nitrogens with zero attached hydrogens (tertiary/aromatic N) is 3. The molecule has 0 bridgehead atoms. The summed E-state index contributed by atoms with van der Waals surface area (Å²) in [5, 5.41) is 2.55. The summed E-state index contributed by atoms with van der Waals surface area (Å²) in [6.45, 7) is 5.64. The average molecular weight is 473 g/mol. The number of nitrogens with one attached hydrogen (secondary N) is 1. The number of hydrogen-bond acceptors (Lipinski definition) is 4. The molecule has 1 aromatic carbocycles. The summed E-state index contributed by atoms with van der Waals surface area (Å²) in [4.78, 5) is 14.8. The predicted molar refractivity (Wildman–Crippen MR) is 116 cm³/mol. The van der Waals surface area contributed by atoms with Gasteiger partial charge in [-0.05, 0) is 51.0 Å². The van der Waals surface area contributed by atoms with Crippen LogP contribution in [-0.4, -0.2) is 49.4 Å². The molecule has 0 radical (unpaired) electrons. The molecule has 0 saturated carbocycles. The minimum Gasteiger partial charge on any atom is -0.370 e. The lowest BCUT2D eigenvalue weighted by molar-refractivity contribution is -0.137. The van der Waals surface area contributed by atoms with Crippen molar-refractivity contribution in [2.45, 2.75) is 37.8 Å². The molecular formula is C21H27F3N4O3S. The summed E-state index contributed by atoms with van der Waals surface area (Å²) in [5.74, 6) is -0.692. The van der Waals surface area contributed by atoms with Crippen LogP contribution in [0.15, 0.2) is 35.4 Å². The van der Waals surface area contributed by atoms with Crippen LogP contribution in [-0.2, 0) is 23.2 Å². The third-order valence-corrected chi connectivity index (χ3v) is 7.46. The van der Waals surface area contributed by atoms with Crippen LogP contribution in [0.2, 0.25) is 0 Å². The van der Waals surface area contributed by atoms with Crippen LogP contribution in [0.3, 0.4) is 0 Å². The summed E-state index contributed by atoms with van der Waals surface area (Å²) >= 11 is 0. The maximum absolute atomic E-state index is 13.3. The fourth-order valence-electron chi connectivity index (χ4n) is 3.82. The number of alkyl halides is 3. The second-order valence-corrected chi connectivity index (χ2v) is 9.58. The second-order valence-electron chi connectivity index (χ2n) is 7.64. The quantitative estimate of drug-likeness (QED) is 0.663. The number of carbonyl (C=O) groups excluding carboxylic acids is 1. The van der Waals surface area contributed by atoms with Gasteiger partial charge in [0.05, 0.1) is 16.9 Å². The van der Waals surface area contributed by atoms with Crippen molar-refractivity contribution in [3.63, 3.8) is 0 Å². The summed E-state index contributed by atoms with van der Waals surface area (Å²) in [6, 6.07) is 4.47. The molecular weight excluding hydrogens is 445 g/mol. The summed E-state index contributed by atoms with van der Waals surface area (Å²) in [5.41, 5.74) is -0.382. The molecule has 0 spiro atoms. The SMILES string of the molecule is CCN(CC)c1ccc(C(F)(F)F)cc1NC(=O)c1cc(S(=O)(=O)N2CCCC2)cn1C. The Kier molecular flexibility index (Phi) is 6.89. The molecule has 7 nitrogen and oxygen atoms in total. The number of carbonyl (C=O) groups is 1. The average Bonchev–Trinajstić information content (AvgIpc) is 3.39. The summed E-state index contributed by atoms with van der Waals surface area (Å²) in [6.07, 6.45) is -1.66. The Balaban J connectivity index is 1.95. The van der Waals surface area contributed by atoms with E-state index in [1.54, 1.807) is 0 Å². The Hall–Kier alpha value is -2.53. The molecule has 1 fully saturated rings. The lowest BCUT2D eigenvalue weighted by atomic mass is 10.1. The van der Waals surface area contributed by atoms with E-state index < -0.39 is 27.7 Å². The molecule has 11 heteroatoms. The molecule has 2 aromatic rings. The van der Waals surface area contributed by atoms with Gasteiger partial charge in [0.25, 0.3) is 5.91 Å². The summed E-state index contributed by atoms with van der Waals surface area (Å²) < 4.78 is 68.2. The van der Waals surface area contributed by atoms with Crippen LogP contribution in [0, 0.1) is 0 Å². The number of anilines is 2. The minimum atomic E-state index is -4.57. The van der Waals surface area contributed by atoms with Gasteiger partial charge < -0.3 is 14.8 Å². The van der Waals surface area contributed by atoms with Gasteiger partial charge in [-0.3, -0.25) is 4.79 Å². The molecule has 1 amide bonds. The fraction of sp³-hybridized carbons (Fsp3) is 0.476. The van der Waals surface area contributed by atoms with E-state index in [1.165, 1.54) is 34.2 Å². The number of hydrogen-bond donors (Lipinski definition) is 1. The first-order valence-electron chi connectivity index (χ1n) is 10.4. The van der Waals surface area contributed by atoms with Gasteiger partial charge in [0.15, 0.2) is 0 Å². The molecule has 1 aliphatic rings. The first kappa shape index (κ1) is 24.1. The van der Waals surface area contributed by atoms with Crippen molar-refractivity contribution >= 4 is 27.3 Å². The van der Waals surface area contributed by atoms with E-state index >= 15 is 0 Å². The Morgan fingerprint density at radius 3 is 2.31 bits per heavy atom. The second kappa shape index (κ2) is 9.14. The van der Waals surface area contributed by atoms with Crippen LogP contribution < -0.4 is 10.2 Å². The van der Waals surface area contributed by atoms with Crippen LogP contribution >= 0.6 is 0 Å². The van der Waals surface area contributed by atoms with Crippen LogP contribution in [0.5, 0.6) is 0 Å². The zero-order chi connectivity index (χ0) is 23.7. The molecule has 0 atom stereocenters. The van der Waals surface area contributed by atoms with Crippen LogP contribution in [0.1, 0.15) is 42.7 Å². The van der Waals surface area contributed by atoms with Gasteiger partial charge in [-0.1, -0.05) is 0 Å². The normalized spacial score (nSPS) is 15.2. The van der Waals surface area contributed by atoms with Gasteiger partial charge in [-0.15, -0.1) is 0 Å². The molecule has 0 unspecified atom stereocenters. The molecule has 32 heavy (non-hydrogen) atoms. The van der Waals surface area contributed by atoms with Gasteiger partial charge in [0, 0.05) is 39.4 Å². The number of amides is 1. The topological polar surface area (TPSA) is 74.7 Å². The molecule has 3 rings (SSSR count). The lowest BCUT2D eigenvalue weighted by Gasteiger charge is -2.25. The maximum Gasteiger partial charge on any atom is 0.416 e. The van der Waals surface area contributed by atoms with E-state index in [1.807, 2.05) is 18.7 Å². The van der Waals surface area contributed by atoms with Crippen molar-refractivity contribution in [1.82, 2.24) is 8.87 Å².